The Bertz CT molecular complexity index is 288. The molecule has 0 aromatic carbocycles. The SMILES string of the molecule is CCc1cncc(CC)c1C#N. The van der Waals surface area contributed by atoms with E-state index in [0.717, 1.165) is 29.5 Å². The Morgan fingerprint density at radius 1 is 1.25 bits per heavy atom. The van der Waals surface area contributed by atoms with Crippen LogP contribution in [0.2, 0.25) is 0 Å². The molecule has 1 heterocycles. The molecule has 2 heteroatoms. The number of aryl methyl sites for hydroxylation is 2. The van der Waals surface area contributed by atoms with Crippen LogP contribution in [0.4, 0.5) is 0 Å². The van der Waals surface area contributed by atoms with Crippen molar-refractivity contribution < 1.29 is 0 Å². The van der Waals surface area contributed by atoms with Gasteiger partial charge in [-0.15, -0.1) is 0 Å². The second kappa shape index (κ2) is 3.87. The summed E-state index contributed by atoms with van der Waals surface area (Å²) in [5.74, 6) is 0. The van der Waals surface area contributed by atoms with Gasteiger partial charge in [-0.3, -0.25) is 4.98 Å². The fraction of sp³-hybridized carbons (Fsp3) is 0.400. The molecule has 0 radical (unpaired) electrons. The van der Waals surface area contributed by atoms with Crippen LogP contribution >= 0.6 is 0 Å². The molecule has 62 valence electrons. The van der Waals surface area contributed by atoms with Gasteiger partial charge in [-0.05, 0) is 24.0 Å². The highest BCUT2D eigenvalue weighted by Gasteiger charge is 2.04. The fourth-order valence-electron chi connectivity index (χ4n) is 1.23. The van der Waals surface area contributed by atoms with Crippen molar-refractivity contribution in [2.75, 3.05) is 0 Å². The van der Waals surface area contributed by atoms with Gasteiger partial charge in [-0.1, -0.05) is 13.8 Å². The van der Waals surface area contributed by atoms with E-state index in [9.17, 15) is 0 Å². The van der Waals surface area contributed by atoms with Gasteiger partial charge in [-0.25, -0.2) is 0 Å². The first kappa shape index (κ1) is 8.73. The number of hydrogen-bond donors (Lipinski definition) is 0. The molecule has 0 unspecified atom stereocenters. The number of hydrogen-bond acceptors (Lipinski definition) is 2. The minimum Gasteiger partial charge on any atom is -0.264 e. The molecule has 0 saturated heterocycles. The van der Waals surface area contributed by atoms with Crippen molar-refractivity contribution in [3.05, 3.63) is 29.1 Å². The summed E-state index contributed by atoms with van der Waals surface area (Å²) >= 11 is 0. The standard InChI is InChI=1S/C10H12N2/c1-3-8-6-12-7-9(4-2)10(8)5-11/h6-7H,3-4H2,1-2H3. The van der Waals surface area contributed by atoms with Crippen LogP contribution in [-0.4, -0.2) is 4.98 Å². The van der Waals surface area contributed by atoms with Gasteiger partial charge in [0.15, 0.2) is 0 Å². The van der Waals surface area contributed by atoms with Crippen molar-refractivity contribution in [1.82, 2.24) is 4.98 Å². The van der Waals surface area contributed by atoms with Crippen LogP contribution in [0.1, 0.15) is 30.5 Å². The number of rotatable bonds is 2. The van der Waals surface area contributed by atoms with E-state index in [-0.39, 0.29) is 0 Å². The molecule has 0 fully saturated rings. The van der Waals surface area contributed by atoms with Gasteiger partial charge in [0, 0.05) is 12.4 Å². The Morgan fingerprint density at radius 3 is 2.08 bits per heavy atom. The molecule has 0 aliphatic carbocycles. The van der Waals surface area contributed by atoms with E-state index in [1.807, 2.05) is 13.8 Å². The second-order valence-electron chi connectivity index (χ2n) is 2.65. The fourth-order valence-corrected chi connectivity index (χ4v) is 1.23. The predicted molar refractivity (Wildman–Crippen MR) is 47.7 cm³/mol. The lowest BCUT2D eigenvalue weighted by molar-refractivity contribution is 1.03. The zero-order valence-electron chi connectivity index (χ0n) is 7.46. The summed E-state index contributed by atoms with van der Waals surface area (Å²) in [6.07, 6.45) is 5.31. The smallest absolute Gasteiger partial charge is 0.0998 e. The Kier molecular flexibility index (Phi) is 2.82. The van der Waals surface area contributed by atoms with Crippen molar-refractivity contribution in [2.45, 2.75) is 26.7 Å². The van der Waals surface area contributed by atoms with Crippen LogP contribution in [0.5, 0.6) is 0 Å². The van der Waals surface area contributed by atoms with Crippen molar-refractivity contribution in [1.29, 1.82) is 5.26 Å². The lowest BCUT2D eigenvalue weighted by atomic mass is 10.0. The topological polar surface area (TPSA) is 36.7 Å². The molecule has 0 spiro atoms. The highest BCUT2D eigenvalue weighted by atomic mass is 14.6. The van der Waals surface area contributed by atoms with E-state index < -0.39 is 0 Å². The third kappa shape index (κ3) is 1.45. The number of nitrogens with zero attached hydrogens (tertiary/aromatic N) is 2. The molecule has 1 aromatic heterocycles. The zero-order valence-corrected chi connectivity index (χ0v) is 7.46. The van der Waals surface area contributed by atoms with Gasteiger partial charge < -0.3 is 0 Å². The lowest BCUT2D eigenvalue weighted by Crippen LogP contribution is -1.95. The maximum Gasteiger partial charge on any atom is 0.0998 e. The van der Waals surface area contributed by atoms with Gasteiger partial charge in [0.05, 0.1) is 11.6 Å². The molecule has 0 N–H and O–H groups in total. The summed E-state index contributed by atoms with van der Waals surface area (Å²) < 4.78 is 0. The maximum absolute atomic E-state index is 8.88. The van der Waals surface area contributed by atoms with Gasteiger partial charge >= 0.3 is 0 Å². The Hall–Kier alpha value is -1.36. The third-order valence-electron chi connectivity index (χ3n) is 1.98. The molecule has 0 amide bonds. The van der Waals surface area contributed by atoms with E-state index in [1.54, 1.807) is 12.4 Å². The van der Waals surface area contributed by atoms with Gasteiger partial charge in [0.2, 0.25) is 0 Å². The largest absolute Gasteiger partial charge is 0.264 e. The van der Waals surface area contributed by atoms with E-state index in [0.29, 0.717) is 0 Å². The second-order valence-corrected chi connectivity index (χ2v) is 2.65. The molecule has 12 heavy (non-hydrogen) atoms. The van der Waals surface area contributed by atoms with Crippen LogP contribution in [-0.2, 0) is 12.8 Å². The molecule has 0 bridgehead atoms. The van der Waals surface area contributed by atoms with E-state index in [2.05, 4.69) is 11.1 Å². The van der Waals surface area contributed by atoms with Crippen molar-refractivity contribution in [3.63, 3.8) is 0 Å². The quantitative estimate of drug-likeness (QED) is 0.664. The summed E-state index contributed by atoms with van der Waals surface area (Å²) in [6, 6.07) is 2.23. The predicted octanol–water partition coefficient (Wildman–Crippen LogP) is 2.08. The molecule has 0 aliphatic heterocycles. The van der Waals surface area contributed by atoms with Crippen molar-refractivity contribution in [3.8, 4) is 6.07 Å². The first-order valence-corrected chi connectivity index (χ1v) is 4.19. The van der Waals surface area contributed by atoms with Gasteiger partial charge in [-0.2, -0.15) is 5.26 Å². The van der Waals surface area contributed by atoms with E-state index in [1.165, 1.54) is 0 Å². The Morgan fingerprint density at radius 2 is 1.75 bits per heavy atom. The van der Waals surface area contributed by atoms with Crippen LogP contribution in [0.15, 0.2) is 12.4 Å². The van der Waals surface area contributed by atoms with Crippen LogP contribution in [0.3, 0.4) is 0 Å². The number of pyridine rings is 1. The number of nitriles is 1. The first-order chi connectivity index (χ1) is 5.83. The molecule has 0 atom stereocenters. The average Bonchev–Trinajstić information content (AvgIpc) is 2.16. The summed E-state index contributed by atoms with van der Waals surface area (Å²) in [5.41, 5.74) is 2.92. The highest BCUT2D eigenvalue weighted by Crippen LogP contribution is 2.12. The summed E-state index contributed by atoms with van der Waals surface area (Å²) in [5, 5.41) is 8.88. The van der Waals surface area contributed by atoms with Crippen molar-refractivity contribution in [2.24, 2.45) is 0 Å². The molecular weight excluding hydrogens is 148 g/mol. The minimum absolute atomic E-state index is 0.815. The Balaban J connectivity index is 3.25. The zero-order chi connectivity index (χ0) is 8.97. The lowest BCUT2D eigenvalue weighted by Gasteiger charge is -2.03. The monoisotopic (exact) mass is 160 g/mol. The molecule has 1 rings (SSSR count). The average molecular weight is 160 g/mol. The van der Waals surface area contributed by atoms with E-state index in [4.69, 9.17) is 5.26 Å². The molecule has 0 aliphatic rings. The number of aromatic nitrogens is 1. The summed E-state index contributed by atoms with van der Waals surface area (Å²) in [7, 11) is 0. The minimum atomic E-state index is 0.815. The van der Waals surface area contributed by atoms with Crippen molar-refractivity contribution >= 4 is 0 Å². The molecular formula is C10H12N2. The Labute approximate surface area is 72.9 Å². The summed E-state index contributed by atoms with van der Waals surface area (Å²) in [6.45, 7) is 4.08. The molecule has 1 aromatic rings. The van der Waals surface area contributed by atoms with Gasteiger partial charge in [0.1, 0.15) is 0 Å². The normalized spacial score (nSPS) is 9.42. The van der Waals surface area contributed by atoms with E-state index >= 15 is 0 Å². The highest BCUT2D eigenvalue weighted by molar-refractivity contribution is 5.42. The van der Waals surface area contributed by atoms with Gasteiger partial charge in [0.25, 0.3) is 0 Å². The third-order valence-corrected chi connectivity index (χ3v) is 1.98. The first-order valence-electron chi connectivity index (χ1n) is 4.19. The van der Waals surface area contributed by atoms with Crippen LogP contribution in [0.25, 0.3) is 0 Å². The van der Waals surface area contributed by atoms with Crippen LogP contribution in [0, 0.1) is 11.3 Å². The molecule has 0 saturated carbocycles. The molecule has 2 nitrogen and oxygen atoms in total. The summed E-state index contributed by atoms with van der Waals surface area (Å²) in [4.78, 5) is 4.08. The van der Waals surface area contributed by atoms with Crippen LogP contribution < -0.4 is 0 Å². The maximum atomic E-state index is 8.88.